The van der Waals surface area contributed by atoms with E-state index in [0.717, 1.165) is 18.2 Å². The molecule has 82 valence electrons. The molecule has 0 radical (unpaired) electrons. The van der Waals surface area contributed by atoms with Crippen LogP contribution in [0.5, 0.6) is 0 Å². The minimum absolute atomic E-state index is 0.281. The summed E-state index contributed by atoms with van der Waals surface area (Å²) in [6.45, 7) is 3.35. The van der Waals surface area contributed by atoms with Gasteiger partial charge >= 0.3 is 0 Å². The summed E-state index contributed by atoms with van der Waals surface area (Å²) < 4.78 is 0. The van der Waals surface area contributed by atoms with Crippen LogP contribution in [0.15, 0.2) is 0 Å². The zero-order valence-corrected chi connectivity index (χ0v) is 9.21. The topological polar surface area (TPSA) is 53.6 Å². The van der Waals surface area contributed by atoms with Gasteiger partial charge in [0, 0.05) is 5.41 Å². The number of nitrogens with one attached hydrogen (secondary N) is 2. The highest BCUT2D eigenvalue weighted by molar-refractivity contribution is 5.16. The van der Waals surface area contributed by atoms with Crippen molar-refractivity contribution in [2.24, 2.45) is 0 Å². The van der Waals surface area contributed by atoms with Gasteiger partial charge in [0.2, 0.25) is 0 Å². The summed E-state index contributed by atoms with van der Waals surface area (Å²) in [5.74, 6) is 2.06. The van der Waals surface area contributed by atoms with Crippen molar-refractivity contribution in [3.05, 3.63) is 11.6 Å². The summed E-state index contributed by atoms with van der Waals surface area (Å²) in [6, 6.07) is 0.405. The van der Waals surface area contributed by atoms with Crippen LogP contribution in [-0.4, -0.2) is 21.7 Å². The Morgan fingerprint density at radius 1 is 1.33 bits per heavy atom. The molecule has 1 saturated carbocycles. The number of hydrogen-bond acceptors (Lipinski definition) is 3. The molecular formula is C11H18N4. The monoisotopic (exact) mass is 206 g/mol. The molecule has 1 saturated heterocycles. The zero-order valence-electron chi connectivity index (χ0n) is 9.21. The third-order valence-electron chi connectivity index (χ3n) is 3.68. The summed E-state index contributed by atoms with van der Waals surface area (Å²) in [4.78, 5) is 4.64. The first-order valence-corrected chi connectivity index (χ1v) is 5.94. The van der Waals surface area contributed by atoms with Gasteiger partial charge in [0.15, 0.2) is 5.82 Å². The average Bonchev–Trinajstić information content (AvgIpc) is 2.85. The molecule has 0 aromatic carbocycles. The highest BCUT2D eigenvalue weighted by Crippen LogP contribution is 2.45. The molecule has 4 nitrogen and oxygen atoms in total. The minimum atomic E-state index is 0.281. The fourth-order valence-corrected chi connectivity index (χ4v) is 2.20. The molecule has 0 amide bonds. The van der Waals surface area contributed by atoms with Crippen LogP contribution in [-0.2, 0) is 5.41 Å². The maximum atomic E-state index is 4.64. The van der Waals surface area contributed by atoms with Crippen LogP contribution in [0.1, 0.15) is 56.7 Å². The van der Waals surface area contributed by atoms with Crippen LogP contribution in [0.3, 0.4) is 0 Å². The molecule has 2 aliphatic rings. The quantitative estimate of drug-likeness (QED) is 0.774. The number of hydrogen-bond donors (Lipinski definition) is 2. The molecule has 0 spiro atoms. The normalized spacial score (nSPS) is 29.0. The molecule has 3 rings (SSSR count). The summed E-state index contributed by atoms with van der Waals surface area (Å²) in [7, 11) is 0. The molecule has 2 heterocycles. The van der Waals surface area contributed by atoms with Crippen LogP contribution in [0.2, 0.25) is 0 Å². The van der Waals surface area contributed by atoms with E-state index in [1.807, 2.05) is 0 Å². The molecule has 2 N–H and O–H groups in total. The van der Waals surface area contributed by atoms with Crippen molar-refractivity contribution in [3.63, 3.8) is 0 Å². The van der Waals surface area contributed by atoms with E-state index >= 15 is 0 Å². The second-order valence-corrected chi connectivity index (χ2v) is 5.11. The Morgan fingerprint density at radius 2 is 2.20 bits per heavy atom. The number of piperidine rings is 1. The lowest BCUT2D eigenvalue weighted by Gasteiger charge is -2.20. The second-order valence-electron chi connectivity index (χ2n) is 5.11. The van der Waals surface area contributed by atoms with Gasteiger partial charge in [-0.15, -0.1) is 0 Å². The predicted molar refractivity (Wildman–Crippen MR) is 57.6 cm³/mol. The van der Waals surface area contributed by atoms with Crippen LogP contribution < -0.4 is 5.32 Å². The van der Waals surface area contributed by atoms with Gasteiger partial charge in [-0.05, 0) is 32.2 Å². The molecule has 1 aromatic rings. The maximum Gasteiger partial charge on any atom is 0.156 e. The fraction of sp³-hybridized carbons (Fsp3) is 0.818. The largest absolute Gasteiger partial charge is 0.307 e. The van der Waals surface area contributed by atoms with Gasteiger partial charge < -0.3 is 5.32 Å². The summed E-state index contributed by atoms with van der Waals surface area (Å²) in [6.07, 6.45) is 6.25. The Balaban J connectivity index is 1.77. The first kappa shape index (κ1) is 9.33. The highest BCUT2D eigenvalue weighted by atomic mass is 15.2. The maximum absolute atomic E-state index is 4.64. The Morgan fingerprint density at radius 3 is 2.87 bits per heavy atom. The Hall–Kier alpha value is -0.900. The molecule has 1 aliphatic heterocycles. The van der Waals surface area contributed by atoms with E-state index in [0.29, 0.717) is 6.04 Å². The lowest BCUT2D eigenvalue weighted by Crippen LogP contribution is -2.27. The molecule has 1 unspecified atom stereocenters. The standard InChI is InChI=1S/C11H18N4/c1-11(5-6-11)10-13-9(14-15-10)8-4-2-3-7-12-8/h8,12H,2-7H2,1H3,(H,13,14,15). The third-order valence-corrected chi connectivity index (χ3v) is 3.68. The summed E-state index contributed by atoms with van der Waals surface area (Å²) >= 11 is 0. The van der Waals surface area contributed by atoms with Crippen LogP contribution in [0.4, 0.5) is 0 Å². The number of aromatic nitrogens is 3. The molecule has 1 aliphatic carbocycles. The van der Waals surface area contributed by atoms with E-state index in [1.165, 1.54) is 32.1 Å². The third kappa shape index (κ3) is 1.67. The van der Waals surface area contributed by atoms with Gasteiger partial charge in [-0.3, -0.25) is 5.10 Å². The smallest absolute Gasteiger partial charge is 0.156 e. The molecule has 4 heteroatoms. The minimum Gasteiger partial charge on any atom is -0.307 e. The molecule has 1 atom stereocenters. The van der Waals surface area contributed by atoms with Gasteiger partial charge in [-0.2, -0.15) is 5.10 Å². The molecular weight excluding hydrogens is 188 g/mol. The second kappa shape index (κ2) is 3.30. The lowest BCUT2D eigenvalue weighted by atomic mass is 10.0. The van der Waals surface area contributed by atoms with E-state index < -0.39 is 0 Å². The Kier molecular flexibility index (Phi) is 2.06. The van der Waals surface area contributed by atoms with Crippen molar-refractivity contribution >= 4 is 0 Å². The number of nitrogens with zero attached hydrogens (tertiary/aromatic N) is 2. The van der Waals surface area contributed by atoms with Crippen molar-refractivity contribution in [2.75, 3.05) is 6.54 Å². The molecule has 2 fully saturated rings. The van der Waals surface area contributed by atoms with E-state index in [4.69, 9.17) is 0 Å². The van der Waals surface area contributed by atoms with Crippen molar-refractivity contribution in [1.82, 2.24) is 20.5 Å². The van der Waals surface area contributed by atoms with E-state index in [-0.39, 0.29) is 5.41 Å². The van der Waals surface area contributed by atoms with E-state index in [9.17, 15) is 0 Å². The lowest BCUT2D eigenvalue weighted by molar-refractivity contribution is 0.398. The van der Waals surface area contributed by atoms with E-state index in [1.54, 1.807) is 0 Å². The van der Waals surface area contributed by atoms with Crippen molar-refractivity contribution in [2.45, 2.75) is 50.5 Å². The molecule has 1 aromatic heterocycles. The van der Waals surface area contributed by atoms with Crippen LogP contribution in [0.25, 0.3) is 0 Å². The molecule has 15 heavy (non-hydrogen) atoms. The predicted octanol–water partition coefficient (Wildman–Crippen LogP) is 1.67. The van der Waals surface area contributed by atoms with Crippen molar-refractivity contribution in [3.8, 4) is 0 Å². The number of rotatable bonds is 2. The fourth-order valence-electron chi connectivity index (χ4n) is 2.20. The Bertz CT molecular complexity index is 347. The number of aromatic amines is 1. The van der Waals surface area contributed by atoms with Gasteiger partial charge in [0.1, 0.15) is 5.82 Å². The van der Waals surface area contributed by atoms with Gasteiger partial charge in [0.05, 0.1) is 6.04 Å². The Labute approximate surface area is 89.9 Å². The van der Waals surface area contributed by atoms with E-state index in [2.05, 4.69) is 27.4 Å². The van der Waals surface area contributed by atoms with Gasteiger partial charge in [-0.25, -0.2) is 4.98 Å². The average molecular weight is 206 g/mol. The first-order chi connectivity index (χ1) is 7.28. The van der Waals surface area contributed by atoms with Crippen LogP contribution >= 0.6 is 0 Å². The van der Waals surface area contributed by atoms with Gasteiger partial charge in [-0.1, -0.05) is 13.3 Å². The summed E-state index contributed by atoms with van der Waals surface area (Å²) in [5, 5.41) is 10.9. The number of H-pyrrole nitrogens is 1. The zero-order chi connectivity index (χ0) is 10.3. The highest BCUT2D eigenvalue weighted by Gasteiger charge is 2.43. The van der Waals surface area contributed by atoms with Crippen LogP contribution in [0, 0.1) is 0 Å². The summed E-state index contributed by atoms with van der Waals surface area (Å²) in [5.41, 5.74) is 0.281. The van der Waals surface area contributed by atoms with Crippen molar-refractivity contribution in [1.29, 1.82) is 0 Å². The van der Waals surface area contributed by atoms with Gasteiger partial charge in [0.25, 0.3) is 0 Å². The SMILES string of the molecule is CC1(c2n[nH]c(C3CCCCN3)n2)CC1. The molecule has 0 bridgehead atoms. The van der Waals surface area contributed by atoms with Crippen molar-refractivity contribution < 1.29 is 0 Å². The first-order valence-electron chi connectivity index (χ1n) is 5.94.